The van der Waals surface area contributed by atoms with E-state index < -0.39 is 5.60 Å². The van der Waals surface area contributed by atoms with Crippen molar-refractivity contribution in [3.8, 4) is 0 Å². The Balaban J connectivity index is 1.45. The van der Waals surface area contributed by atoms with Gasteiger partial charge in [-0.1, -0.05) is 25.1 Å². The van der Waals surface area contributed by atoms with Crippen LogP contribution in [0.1, 0.15) is 49.9 Å². The van der Waals surface area contributed by atoms with Crippen LogP contribution in [0.2, 0.25) is 0 Å². The van der Waals surface area contributed by atoms with Crippen molar-refractivity contribution in [1.82, 2.24) is 25.3 Å². The van der Waals surface area contributed by atoms with Crippen LogP contribution in [0.5, 0.6) is 0 Å². The van der Waals surface area contributed by atoms with Crippen molar-refractivity contribution in [2.24, 2.45) is 0 Å². The summed E-state index contributed by atoms with van der Waals surface area (Å²) in [5, 5.41) is 17.6. The van der Waals surface area contributed by atoms with Crippen LogP contribution >= 0.6 is 0 Å². The molecule has 2 aromatic heterocycles. The van der Waals surface area contributed by atoms with Crippen LogP contribution in [0.25, 0.3) is 0 Å². The number of aliphatic hydroxyl groups is 1. The number of hydrogen-bond donors (Lipinski definition) is 2. The van der Waals surface area contributed by atoms with E-state index >= 15 is 0 Å². The summed E-state index contributed by atoms with van der Waals surface area (Å²) in [6, 6.07) is 3.56. The largest absolute Gasteiger partial charge is 0.385 e. The fourth-order valence-corrected chi connectivity index (χ4v) is 3.00. The number of nitrogens with one attached hydrogen (secondary N) is 1. The fourth-order valence-electron chi connectivity index (χ4n) is 3.00. The Bertz CT molecular complexity index is 723. The topological polar surface area (TPSA) is 104 Å². The summed E-state index contributed by atoms with van der Waals surface area (Å²) in [7, 11) is 0. The summed E-state index contributed by atoms with van der Waals surface area (Å²) in [6.45, 7) is 5.41. The summed E-state index contributed by atoms with van der Waals surface area (Å²) in [5.74, 6) is 1.40. The normalized spacial score (nSPS) is 16.7. The molecule has 1 aliphatic heterocycles. The third-order valence-electron chi connectivity index (χ3n) is 4.68. The van der Waals surface area contributed by atoms with Crippen molar-refractivity contribution in [3.63, 3.8) is 0 Å². The Hall–Kier alpha value is -2.48. The van der Waals surface area contributed by atoms with Crippen molar-refractivity contribution < 1.29 is 14.4 Å². The van der Waals surface area contributed by atoms with E-state index in [0.717, 1.165) is 5.56 Å². The van der Waals surface area contributed by atoms with Crippen molar-refractivity contribution in [1.29, 1.82) is 0 Å². The van der Waals surface area contributed by atoms with E-state index in [2.05, 4.69) is 20.4 Å². The van der Waals surface area contributed by atoms with Crippen LogP contribution in [-0.4, -0.2) is 50.8 Å². The van der Waals surface area contributed by atoms with Gasteiger partial charge in [-0.15, -0.1) is 0 Å². The molecule has 26 heavy (non-hydrogen) atoms. The zero-order valence-electron chi connectivity index (χ0n) is 15.2. The number of urea groups is 1. The second kappa shape index (κ2) is 7.82. The number of likely N-dealkylation sites (tertiary alicyclic amines) is 1. The van der Waals surface area contributed by atoms with Gasteiger partial charge >= 0.3 is 6.03 Å². The summed E-state index contributed by atoms with van der Waals surface area (Å²) >= 11 is 0. The molecule has 0 aliphatic carbocycles. The van der Waals surface area contributed by atoms with Gasteiger partial charge in [0.25, 0.3) is 0 Å². The minimum absolute atomic E-state index is 0.134. The van der Waals surface area contributed by atoms with Crippen molar-refractivity contribution in [2.45, 2.75) is 44.6 Å². The number of rotatable bonds is 5. The standard InChI is InChI=1S/C18H25N5O3/c1-13(2)16-21-15(22-26-16)5-9-20-17(24)23-10-6-18(25,7-11-23)14-4-3-8-19-12-14/h3-4,8,12-13,25H,5-7,9-11H2,1-2H3,(H,20,24). The smallest absolute Gasteiger partial charge is 0.317 e. The van der Waals surface area contributed by atoms with E-state index in [1.807, 2.05) is 26.0 Å². The molecule has 2 N–H and O–H groups in total. The molecule has 0 saturated carbocycles. The van der Waals surface area contributed by atoms with E-state index in [1.165, 1.54) is 0 Å². The molecule has 8 nitrogen and oxygen atoms in total. The molecule has 2 amide bonds. The first-order chi connectivity index (χ1) is 12.5. The molecule has 1 fully saturated rings. The average Bonchev–Trinajstić information content (AvgIpc) is 3.12. The highest BCUT2D eigenvalue weighted by Crippen LogP contribution is 2.32. The van der Waals surface area contributed by atoms with E-state index in [1.54, 1.807) is 17.3 Å². The first-order valence-electron chi connectivity index (χ1n) is 8.96. The molecule has 2 aromatic rings. The van der Waals surface area contributed by atoms with Gasteiger partial charge in [0.05, 0.1) is 5.60 Å². The molecule has 140 valence electrons. The Labute approximate surface area is 152 Å². The van der Waals surface area contributed by atoms with Gasteiger partial charge in [0.15, 0.2) is 5.82 Å². The van der Waals surface area contributed by atoms with Gasteiger partial charge in [0, 0.05) is 49.9 Å². The summed E-state index contributed by atoms with van der Waals surface area (Å²) in [6.07, 6.45) is 4.88. The van der Waals surface area contributed by atoms with Crippen LogP contribution in [0.3, 0.4) is 0 Å². The summed E-state index contributed by atoms with van der Waals surface area (Å²) < 4.78 is 5.15. The lowest BCUT2D eigenvalue weighted by Gasteiger charge is -2.38. The molecule has 0 radical (unpaired) electrons. The molecule has 3 heterocycles. The highest BCUT2D eigenvalue weighted by atomic mass is 16.5. The van der Waals surface area contributed by atoms with Crippen molar-refractivity contribution in [3.05, 3.63) is 41.8 Å². The van der Waals surface area contributed by atoms with Crippen LogP contribution in [0.4, 0.5) is 4.79 Å². The quantitative estimate of drug-likeness (QED) is 0.844. The molecule has 1 saturated heterocycles. The zero-order chi connectivity index (χ0) is 18.6. The Morgan fingerprint density at radius 3 is 2.81 bits per heavy atom. The number of nitrogens with zero attached hydrogens (tertiary/aromatic N) is 4. The van der Waals surface area contributed by atoms with Gasteiger partial charge in [0.1, 0.15) is 0 Å². The Morgan fingerprint density at radius 1 is 1.42 bits per heavy atom. The lowest BCUT2D eigenvalue weighted by molar-refractivity contribution is -0.0170. The number of amides is 2. The number of piperidine rings is 1. The third kappa shape index (κ3) is 4.19. The van der Waals surface area contributed by atoms with Gasteiger partial charge in [-0.3, -0.25) is 4.98 Å². The van der Waals surface area contributed by atoms with Gasteiger partial charge < -0.3 is 19.8 Å². The molecule has 0 aromatic carbocycles. The molecular weight excluding hydrogens is 334 g/mol. The van der Waals surface area contributed by atoms with E-state index in [4.69, 9.17) is 4.52 Å². The molecule has 8 heteroatoms. The average molecular weight is 359 g/mol. The lowest BCUT2D eigenvalue weighted by atomic mass is 9.85. The zero-order valence-corrected chi connectivity index (χ0v) is 15.2. The molecule has 0 unspecified atom stereocenters. The van der Waals surface area contributed by atoms with E-state index in [-0.39, 0.29) is 11.9 Å². The van der Waals surface area contributed by atoms with Crippen molar-refractivity contribution in [2.75, 3.05) is 19.6 Å². The number of pyridine rings is 1. The number of hydrogen-bond acceptors (Lipinski definition) is 6. The van der Waals surface area contributed by atoms with Gasteiger partial charge in [-0.2, -0.15) is 4.98 Å². The fraction of sp³-hybridized carbons (Fsp3) is 0.556. The third-order valence-corrected chi connectivity index (χ3v) is 4.68. The minimum Gasteiger partial charge on any atom is -0.385 e. The number of carbonyl (C=O) groups is 1. The Kier molecular flexibility index (Phi) is 5.51. The molecule has 0 atom stereocenters. The Morgan fingerprint density at radius 2 is 2.19 bits per heavy atom. The first kappa shape index (κ1) is 18.3. The molecule has 3 rings (SSSR count). The minimum atomic E-state index is -0.914. The van der Waals surface area contributed by atoms with Crippen molar-refractivity contribution >= 4 is 6.03 Å². The second-order valence-corrected chi connectivity index (χ2v) is 6.95. The van der Waals surface area contributed by atoms with E-state index in [0.29, 0.717) is 50.6 Å². The van der Waals surface area contributed by atoms with Crippen LogP contribution in [0.15, 0.2) is 29.0 Å². The summed E-state index contributed by atoms with van der Waals surface area (Å²) in [4.78, 5) is 22.4. The first-order valence-corrected chi connectivity index (χ1v) is 8.96. The maximum atomic E-state index is 12.3. The van der Waals surface area contributed by atoms with E-state index in [9.17, 15) is 9.90 Å². The molecule has 0 spiro atoms. The molecule has 1 aliphatic rings. The monoisotopic (exact) mass is 359 g/mol. The predicted octanol–water partition coefficient (Wildman–Crippen LogP) is 1.82. The van der Waals surface area contributed by atoms with Crippen LogP contribution in [-0.2, 0) is 12.0 Å². The molecular formula is C18H25N5O3. The second-order valence-electron chi connectivity index (χ2n) is 6.95. The van der Waals surface area contributed by atoms with Gasteiger partial charge in [-0.05, 0) is 18.9 Å². The molecule has 0 bridgehead atoms. The maximum Gasteiger partial charge on any atom is 0.317 e. The highest BCUT2D eigenvalue weighted by molar-refractivity contribution is 5.74. The summed E-state index contributed by atoms with van der Waals surface area (Å²) in [5.41, 5.74) is -0.110. The van der Waals surface area contributed by atoms with Crippen LogP contribution in [0, 0.1) is 0 Å². The van der Waals surface area contributed by atoms with Gasteiger partial charge in [-0.25, -0.2) is 4.79 Å². The lowest BCUT2D eigenvalue weighted by Crippen LogP contribution is -2.49. The maximum absolute atomic E-state index is 12.3. The SMILES string of the molecule is CC(C)c1nc(CCNC(=O)N2CCC(O)(c3cccnc3)CC2)no1. The van der Waals surface area contributed by atoms with Gasteiger partial charge in [0.2, 0.25) is 5.89 Å². The predicted molar refractivity (Wildman–Crippen MR) is 94.4 cm³/mol. The number of carbonyl (C=O) groups excluding carboxylic acids is 1. The number of aromatic nitrogens is 3. The highest BCUT2D eigenvalue weighted by Gasteiger charge is 2.35. The van der Waals surface area contributed by atoms with Crippen LogP contribution < -0.4 is 5.32 Å².